The van der Waals surface area contributed by atoms with E-state index in [0.717, 1.165) is 22.0 Å². The Balaban J connectivity index is 2.25. The van der Waals surface area contributed by atoms with Crippen LogP contribution in [0.1, 0.15) is 24.1 Å². The number of anilines is 1. The van der Waals surface area contributed by atoms with E-state index in [2.05, 4.69) is 22.9 Å². The minimum absolute atomic E-state index is 0.194. The van der Waals surface area contributed by atoms with Gasteiger partial charge in [0.25, 0.3) is 0 Å². The van der Waals surface area contributed by atoms with E-state index < -0.39 is 0 Å². The van der Waals surface area contributed by atoms with Crippen LogP contribution >= 0.6 is 11.6 Å². The molecular formula is C15H18ClN3. The van der Waals surface area contributed by atoms with Gasteiger partial charge in [-0.15, -0.1) is 0 Å². The van der Waals surface area contributed by atoms with Gasteiger partial charge in [-0.1, -0.05) is 23.7 Å². The minimum Gasteiger partial charge on any atom is -0.353 e. The highest BCUT2D eigenvalue weighted by Gasteiger charge is 2.13. The molecule has 0 radical (unpaired) electrons. The van der Waals surface area contributed by atoms with Gasteiger partial charge in [0.2, 0.25) is 0 Å². The largest absolute Gasteiger partial charge is 0.353 e. The third kappa shape index (κ3) is 3.25. The maximum absolute atomic E-state index is 6.04. The first-order valence-electron chi connectivity index (χ1n) is 6.25. The topological polar surface area (TPSA) is 42.1 Å². The van der Waals surface area contributed by atoms with Crippen LogP contribution < -0.4 is 10.6 Å². The third-order valence-electron chi connectivity index (χ3n) is 3.32. The van der Waals surface area contributed by atoms with Crippen LogP contribution in [-0.4, -0.2) is 12.0 Å². The smallest absolute Gasteiger partial charge is 0.129 e. The van der Waals surface area contributed by atoms with E-state index in [9.17, 15) is 0 Å². The maximum atomic E-state index is 6.04. The zero-order chi connectivity index (χ0) is 13.8. The van der Waals surface area contributed by atoms with Crippen molar-refractivity contribution < 1.29 is 0 Å². The molecule has 1 unspecified atom stereocenters. The molecule has 100 valence electrons. The van der Waals surface area contributed by atoms with Crippen LogP contribution in [0.25, 0.3) is 0 Å². The molecule has 0 spiro atoms. The number of hydrogen-bond acceptors (Lipinski definition) is 3. The summed E-state index contributed by atoms with van der Waals surface area (Å²) in [5, 5.41) is 0.751. The zero-order valence-electron chi connectivity index (χ0n) is 11.2. The highest BCUT2D eigenvalue weighted by molar-refractivity contribution is 6.30. The van der Waals surface area contributed by atoms with E-state index >= 15 is 0 Å². The Morgan fingerprint density at radius 3 is 2.79 bits per heavy atom. The summed E-state index contributed by atoms with van der Waals surface area (Å²) in [7, 11) is 2.02. The van der Waals surface area contributed by atoms with Crippen molar-refractivity contribution in [1.29, 1.82) is 0 Å². The van der Waals surface area contributed by atoms with Crippen molar-refractivity contribution in [2.45, 2.75) is 19.5 Å². The van der Waals surface area contributed by atoms with Gasteiger partial charge in [0.1, 0.15) is 5.82 Å². The molecule has 2 N–H and O–H groups in total. The SMILES string of the molecule is CC(c1cccc(Cl)c1)N(C)c1cc(CN)ccn1. The first-order chi connectivity index (χ1) is 9.11. The lowest BCUT2D eigenvalue weighted by atomic mass is 10.1. The van der Waals surface area contributed by atoms with Crippen LogP contribution in [0.15, 0.2) is 42.6 Å². The van der Waals surface area contributed by atoms with Crippen molar-refractivity contribution in [3.8, 4) is 0 Å². The van der Waals surface area contributed by atoms with E-state index in [1.807, 2.05) is 37.4 Å². The monoisotopic (exact) mass is 275 g/mol. The number of nitrogens with two attached hydrogens (primary N) is 1. The molecular weight excluding hydrogens is 258 g/mol. The van der Waals surface area contributed by atoms with Crippen molar-refractivity contribution in [2.75, 3.05) is 11.9 Å². The van der Waals surface area contributed by atoms with Crippen molar-refractivity contribution >= 4 is 17.4 Å². The van der Waals surface area contributed by atoms with Crippen LogP contribution in [0.2, 0.25) is 5.02 Å². The van der Waals surface area contributed by atoms with E-state index in [-0.39, 0.29) is 6.04 Å². The summed E-state index contributed by atoms with van der Waals surface area (Å²) in [6.07, 6.45) is 1.79. The number of nitrogens with zero attached hydrogens (tertiary/aromatic N) is 2. The molecule has 0 saturated heterocycles. The zero-order valence-corrected chi connectivity index (χ0v) is 11.9. The van der Waals surface area contributed by atoms with Gasteiger partial charge in [-0.25, -0.2) is 4.98 Å². The minimum atomic E-state index is 0.194. The quantitative estimate of drug-likeness (QED) is 0.930. The molecule has 19 heavy (non-hydrogen) atoms. The molecule has 3 nitrogen and oxygen atoms in total. The molecule has 0 bridgehead atoms. The van der Waals surface area contributed by atoms with Crippen LogP contribution in [0.3, 0.4) is 0 Å². The number of benzene rings is 1. The van der Waals surface area contributed by atoms with E-state index in [4.69, 9.17) is 17.3 Å². The predicted molar refractivity (Wildman–Crippen MR) is 80.4 cm³/mol. The summed E-state index contributed by atoms with van der Waals surface area (Å²) in [5.74, 6) is 0.912. The van der Waals surface area contributed by atoms with Gasteiger partial charge in [0.15, 0.2) is 0 Å². The lowest BCUT2D eigenvalue weighted by Crippen LogP contribution is -2.22. The molecule has 0 aliphatic rings. The second-order valence-corrected chi connectivity index (χ2v) is 5.00. The molecule has 2 aromatic rings. The summed E-state index contributed by atoms with van der Waals surface area (Å²) in [5.41, 5.74) is 7.90. The lowest BCUT2D eigenvalue weighted by Gasteiger charge is -2.26. The number of rotatable bonds is 4. The number of aromatic nitrogens is 1. The van der Waals surface area contributed by atoms with Gasteiger partial charge in [-0.3, -0.25) is 0 Å². The first-order valence-corrected chi connectivity index (χ1v) is 6.63. The average molecular weight is 276 g/mol. The highest BCUT2D eigenvalue weighted by atomic mass is 35.5. The molecule has 0 amide bonds. The summed E-state index contributed by atoms with van der Waals surface area (Å²) >= 11 is 6.04. The Bertz CT molecular complexity index is 557. The van der Waals surface area contributed by atoms with Crippen LogP contribution in [0, 0.1) is 0 Å². The Morgan fingerprint density at radius 2 is 2.11 bits per heavy atom. The molecule has 1 aromatic carbocycles. The molecule has 1 atom stereocenters. The maximum Gasteiger partial charge on any atom is 0.129 e. The van der Waals surface area contributed by atoms with Crippen molar-refractivity contribution in [1.82, 2.24) is 4.98 Å². The molecule has 4 heteroatoms. The van der Waals surface area contributed by atoms with Crippen molar-refractivity contribution in [3.05, 3.63) is 58.7 Å². The molecule has 0 aliphatic carbocycles. The normalized spacial score (nSPS) is 12.2. The van der Waals surface area contributed by atoms with Gasteiger partial charge >= 0.3 is 0 Å². The fourth-order valence-corrected chi connectivity index (χ4v) is 2.17. The predicted octanol–water partition coefficient (Wildman–Crippen LogP) is 3.39. The van der Waals surface area contributed by atoms with Gasteiger partial charge in [-0.05, 0) is 42.3 Å². The van der Waals surface area contributed by atoms with Crippen molar-refractivity contribution in [3.63, 3.8) is 0 Å². The highest BCUT2D eigenvalue weighted by Crippen LogP contribution is 2.25. The van der Waals surface area contributed by atoms with Crippen LogP contribution in [-0.2, 0) is 6.54 Å². The first kappa shape index (κ1) is 13.8. The number of pyridine rings is 1. The number of halogens is 1. The molecule has 1 aromatic heterocycles. The molecule has 1 heterocycles. The second-order valence-electron chi connectivity index (χ2n) is 4.57. The Labute approximate surface area is 119 Å². The Kier molecular flexibility index (Phi) is 4.40. The molecule has 0 saturated carbocycles. The van der Waals surface area contributed by atoms with E-state index in [1.165, 1.54) is 0 Å². The average Bonchev–Trinajstić information content (AvgIpc) is 2.45. The summed E-state index contributed by atoms with van der Waals surface area (Å²) in [6, 6.07) is 12.0. The molecule has 0 fully saturated rings. The number of hydrogen-bond donors (Lipinski definition) is 1. The van der Waals surface area contributed by atoms with Gasteiger partial charge in [0.05, 0.1) is 6.04 Å². The van der Waals surface area contributed by atoms with E-state index in [1.54, 1.807) is 6.20 Å². The molecule has 2 rings (SSSR count). The lowest BCUT2D eigenvalue weighted by molar-refractivity contribution is 0.728. The van der Waals surface area contributed by atoms with Gasteiger partial charge in [-0.2, -0.15) is 0 Å². The second kappa shape index (κ2) is 6.04. The van der Waals surface area contributed by atoms with Crippen molar-refractivity contribution in [2.24, 2.45) is 5.73 Å². The Morgan fingerprint density at radius 1 is 1.32 bits per heavy atom. The van der Waals surface area contributed by atoms with Crippen LogP contribution in [0.5, 0.6) is 0 Å². The Hall–Kier alpha value is -1.58. The van der Waals surface area contributed by atoms with Crippen LogP contribution in [0.4, 0.5) is 5.82 Å². The summed E-state index contributed by atoms with van der Waals surface area (Å²) in [4.78, 5) is 6.51. The van der Waals surface area contributed by atoms with E-state index in [0.29, 0.717) is 6.54 Å². The summed E-state index contributed by atoms with van der Waals surface area (Å²) < 4.78 is 0. The summed E-state index contributed by atoms with van der Waals surface area (Å²) in [6.45, 7) is 2.65. The van der Waals surface area contributed by atoms with Gasteiger partial charge in [0, 0.05) is 24.8 Å². The third-order valence-corrected chi connectivity index (χ3v) is 3.55. The molecule has 0 aliphatic heterocycles. The van der Waals surface area contributed by atoms with Gasteiger partial charge < -0.3 is 10.6 Å². The fourth-order valence-electron chi connectivity index (χ4n) is 1.97. The fraction of sp³-hybridized carbons (Fsp3) is 0.267. The standard InChI is InChI=1S/C15H18ClN3/c1-11(13-4-3-5-14(16)9-13)19(2)15-8-12(10-17)6-7-18-15/h3-9,11H,10,17H2,1-2H3.